The average Bonchev–Trinajstić information content (AvgIpc) is 2.47. The van der Waals surface area contributed by atoms with E-state index in [1.807, 2.05) is 56.3 Å². The monoisotopic (exact) mass is 316 g/mol. The molecule has 0 atom stereocenters. The van der Waals surface area contributed by atoms with Crippen LogP contribution in [0.5, 0.6) is 0 Å². The maximum atomic E-state index is 6.37. The summed E-state index contributed by atoms with van der Waals surface area (Å²) in [5.74, 6) is 0. The van der Waals surface area contributed by atoms with Gasteiger partial charge in [-0.25, -0.2) is 4.98 Å². The minimum Gasteiger partial charge on any atom is -0.353 e. The molecule has 3 aromatic rings. The van der Waals surface area contributed by atoms with Crippen molar-refractivity contribution in [1.82, 2.24) is 4.98 Å². The van der Waals surface area contributed by atoms with Crippen molar-refractivity contribution in [2.45, 2.75) is 13.8 Å². The number of aromatic nitrogens is 1. The van der Waals surface area contributed by atoms with Crippen molar-refractivity contribution in [1.29, 1.82) is 0 Å². The van der Waals surface area contributed by atoms with E-state index in [1.165, 1.54) is 0 Å². The Morgan fingerprint density at radius 1 is 0.905 bits per heavy atom. The van der Waals surface area contributed by atoms with Crippen LogP contribution in [0.3, 0.4) is 0 Å². The van der Waals surface area contributed by atoms with Gasteiger partial charge in [0.2, 0.25) is 0 Å². The summed E-state index contributed by atoms with van der Waals surface area (Å²) in [5, 5.41) is 5.12. The number of pyridine rings is 1. The van der Waals surface area contributed by atoms with Crippen LogP contribution >= 0.6 is 23.2 Å². The lowest BCUT2D eigenvalue weighted by atomic mass is 10.1. The second-order valence-corrected chi connectivity index (χ2v) is 5.74. The lowest BCUT2D eigenvalue weighted by Crippen LogP contribution is -1.97. The first kappa shape index (κ1) is 14.2. The highest BCUT2D eigenvalue weighted by molar-refractivity contribution is 6.44. The van der Waals surface area contributed by atoms with Crippen LogP contribution in [0, 0.1) is 13.8 Å². The lowest BCUT2D eigenvalue weighted by molar-refractivity contribution is 1.35. The Bertz CT molecular complexity index is 828. The maximum Gasteiger partial charge on any atom is 0.150 e. The standard InChI is InChI=1S/C17H14Cl2N2/c1-10-6-3-4-9-13(10)20-16-12-8-5-7-11(2)15(12)21-17(19)14(16)18/h3-9H,1-2H3,(H,20,21). The van der Waals surface area contributed by atoms with Crippen molar-refractivity contribution < 1.29 is 0 Å². The fourth-order valence-electron chi connectivity index (χ4n) is 2.35. The number of halogens is 2. The molecule has 0 saturated carbocycles. The van der Waals surface area contributed by atoms with Gasteiger partial charge < -0.3 is 5.32 Å². The first-order chi connectivity index (χ1) is 10.1. The first-order valence-electron chi connectivity index (χ1n) is 6.65. The van der Waals surface area contributed by atoms with E-state index in [2.05, 4.69) is 10.3 Å². The summed E-state index contributed by atoms with van der Waals surface area (Å²) in [6, 6.07) is 14.1. The number of benzene rings is 2. The van der Waals surface area contributed by atoms with Crippen LogP contribution in [0.1, 0.15) is 11.1 Å². The molecule has 0 fully saturated rings. The molecule has 0 radical (unpaired) electrons. The van der Waals surface area contributed by atoms with E-state index in [0.29, 0.717) is 10.2 Å². The van der Waals surface area contributed by atoms with Gasteiger partial charge in [-0.15, -0.1) is 0 Å². The van der Waals surface area contributed by atoms with Gasteiger partial charge in [0.15, 0.2) is 0 Å². The Balaban J connectivity index is 2.24. The third-order valence-electron chi connectivity index (χ3n) is 3.52. The van der Waals surface area contributed by atoms with Crippen molar-refractivity contribution >= 4 is 45.5 Å². The summed E-state index contributed by atoms with van der Waals surface area (Å²) in [6.07, 6.45) is 0. The Hall–Kier alpha value is -1.77. The fraction of sp³-hybridized carbons (Fsp3) is 0.118. The number of fused-ring (bicyclic) bond motifs is 1. The van der Waals surface area contributed by atoms with Crippen LogP contribution in [0.25, 0.3) is 10.9 Å². The summed E-state index contributed by atoms with van der Waals surface area (Å²) in [5.41, 5.74) is 4.87. The highest BCUT2D eigenvalue weighted by Crippen LogP contribution is 2.38. The second kappa shape index (κ2) is 5.55. The van der Waals surface area contributed by atoms with Crippen molar-refractivity contribution in [2.75, 3.05) is 5.32 Å². The van der Waals surface area contributed by atoms with Crippen LogP contribution in [0.4, 0.5) is 11.4 Å². The van der Waals surface area contributed by atoms with Gasteiger partial charge in [-0.3, -0.25) is 0 Å². The molecule has 21 heavy (non-hydrogen) atoms. The smallest absolute Gasteiger partial charge is 0.150 e. The highest BCUT2D eigenvalue weighted by Gasteiger charge is 2.14. The van der Waals surface area contributed by atoms with Gasteiger partial charge in [0.25, 0.3) is 0 Å². The van der Waals surface area contributed by atoms with Crippen LogP contribution in [-0.2, 0) is 0 Å². The third kappa shape index (κ3) is 2.57. The van der Waals surface area contributed by atoms with Gasteiger partial charge in [-0.05, 0) is 31.0 Å². The fourth-order valence-corrected chi connectivity index (χ4v) is 2.72. The summed E-state index contributed by atoms with van der Waals surface area (Å²) < 4.78 is 0. The van der Waals surface area contributed by atoms with Crippen LogP contribution in [0.15, 0.2) is 42.5 Å². The number of anilines is 2. The van der Waals surface area contributed by atoms with Crippen molar-refractivity contribution in [3.8, 4) is 0 Å². The molecule has 2 nitrogen and oxygen atoms in total. The summed E-state index contributed by atoms with van der Waals surface area (Å²) in [4.78, 5) is 4.39. The Kier molecular flexibility index (Phi) is 3.75. The molecule has 4 heteroatoms. The molecule has 0 aliphatic heterocycles. The van der Waals surface area contributed by atoms with Gasteiger partial charge in [0, 0.05) is 11.1 Å². The normalized spacial score (nSPS) is 10.9. The average molecular weight is 317 g/mol. The van der Waals surface area contributed by atoms with E-state index < -0.39 is 0 Å². The number of nitrogens with zero attached hydrogens (tertiary/aromatic N) is 1. The first-order valence-corrected chi connectivity index (χ1v) is 7.40. The van der Waals surface area contributed by atoms with Crippen molar-refractivity contribution in [3.63, 3.8) is 0 Å². The molecule has 0 bridgehead atoms. The number of rotatable bonds is 2. The number of nitrogens with one attached hydrogen (secondary N) is 1. The van der Waals surface area contributed by atoms with E-state index in [-0.39, 0.29) is 0 Å². The van der Waals surface area contributed by atoms with Crippen molar-refractivity contribution in [2.24, 2.45) is 0 Å². The van der Waals surface area contributed by atoms with E-state index >= 15 is 0 Å². The van der Waals surface area contributed by atoms with Crippen LogP contribution in [0.2, 0.25) is 10.2 Å². The number of hydrogen-bond donors (Lipinski definition) is 1. The quantitative estimate of drug-likeness (QED) is 0.595. The zero-order valence-corrected chi connectivity index (χ0v) is 13.3. The molecule has 1 N–H and O–H groups in total. The molecule has 0 amide bonds. The molecule has 0 aliphatic rings. The lowest BCUT2D eigenvalue weighted by Gasteiger charge is -2.15. The largest absolute Gasteiger partial charge is 0.353 e. The zero-order chi connectivity index (χ0) is 15.0. The number of hydrogen-bond acceptors (Lipinski definition) is 2. The predicted molar refractivity (Wildman–Crippen MR) is 91.0 cm³/mol. The molecule has 1 aromatic heterocycles. The van der Waals surface area contributed by atoms with E-state index in [9.17, 15) is 0 Å². The summed E-state index contributed by atoms with van der Waals surface area (Å²) in [6.45, 7) is 4.06. The molecule has 0 saturated heterocycles. The Morgan fingerprint density at radius 3 is 2.38 bits per heavy atom. The Morgan fingerprint density at radius 2 is 1.62 bits per heavy atom. The number of aryl methyl sites for hydroxylation is 2. The molecule has 0 spiro atoms. The summed E-state index contributed by atoms with van der Waals surface area (Å²) >= 11 is 12.6. The van der Waals surface area contributed by atoms with Gasteiger partial charge in [0.05, 0.1) is 11.2 Å². The maximum absolute atomic E-state index is 6.37. The molecule has 1 heterocycles. The topological polar surface area (TPSA) is 24.9 Å². The van der Waals surface area contributed by atoms with Crippen LogP contribution in [-0.4, -0.2) is 4.98 Å². The summed E-state index contributed by atoms with van der Waals surface area (Å²) in [7, 11) is 0. The second-order valence-electron chi connectivity index (χ2n) is 5.00. The van der Waals surface area contributed by atoms with E-state index in [1.54, 1.807) is 0 Å². The predicted octanol–water partition coefficient (Wildman–Crippen LogP) is 5.90. The van der Waals surface area contributed by atoms with Crippen LogP contribution < -0.4 is 5.32 Å². The van der Waals surface area contributed by atoms with Gasteiger partial charge in [-0.1, -0.05) is 59.6 Å². The van der Waals surface area contributed by atoms with Gasteiger partial charge in [-0.2, -0.15) is 0 Å². The van der Waals surface area contributed by atoms with Gasteiger partial charge >= 0.3 is 0 Å². The minimum absolute atomic E-state index is 0.314. The number of para-hydroxylation sites is 2. The molecule has 0 aliphatic carbocycles. The third-order valence-corrected chi connectivity index (χ3v) is 4.26. The minimum atomic E-state index is 0.314. The molecule has 3 rings (SSSR count). The zero-order valence-electron chi connectivity index (χ0n) is 11.7. The SMILES string of the molecule is Cc1ccccc1Nc1c(Cl)c(Cl)nc2c(C)cccc12. The Labute approximate surface area is 133 Å². The highest BCUT2D eigenvalue weighted by atomic mass is 35.5. The molecular weight excluding hydrogens is 303 g/mol. The molecule has 106 valence electrons. The van der Waals surface area contributed by atoms with Gasteiger partial charge in [0.1, 0.15) is 10.2 Å². The molecule has 2 aromatic carbocycles. The van der Waals surface area contributed by atoms with Crippen molar-refractivity contribution in [3.05, 3.63) is 63.8 Å². The molecule has 0 unspecified atom stereocenters. The van der Waals surface area contributed by atoms with E-state index in [4.69, 9.17) is 23.2 Å². The molecular formula is C17H14Cl2N2. The van der Waals surface area contributed by atoms with E-state index in [0.717, 1.165) is 33.4 Å².